The van der Waals surface area contributed by atoms with Gasteiger partial charge in [-0.25, -0.2) is 9.97 Å². The van der Waals surface area contributed by atoms with E-state index in [1.54, 1.807) is 0 Å². The molecule has 1 fully saturated rings. The summed E-state index contributed by atoms with van der Waals surface area (Å²) in [5, 5.41) is 3.40. The van der Waals surface area contributed by atoms with E-state index in [1.165, 1.54) is 16.7 Å². The number of hydrogen-bond donors (Lipinski definition) is 2. The van der Waals surface area contributed by atoms with E-state index in [4.69, 9.17) is 14.7 Å². The Labute approximate surface area is 181 Å². The van der Waals surface area contributed by atoms with E-state index in [0.717, 1.165) is 42.4 Å². The number of nitrogens with zero attached hydrogens (tertiary/aromatic N) is 3. The molecule has 0 bridgehead atoms. The van der Waals surface area contributed by atoms with E-state index in [1.807, 2.05) is 12.1 Å². The molecule has 0 saturated carbocycles. The fraction of sp³-hybridized carbons (Fsp3) is 0.292. The summed E-state index contributed by atoms with van der Waals surface area (Å²) >= 11 is 0. The Morgan fingerprint density at radius 3 is 2.58 bits per heavy atom. The minimum absolute atomic E-state index is 0.674. The average molecular weight is 416 g/mol. The summed E-state index contributed by atoms with van der Waals surface area (Å²) in [6.45, 7) is 7.26. The molecule has 0 spiro atoms. The maximum absolute atomic E-state index is 5.56. The topological polar surface area (TPSA) is 80.2 Å². The van der Waals surface area contributed by atoms with Crippen LogP contribution in [0.25, 0.3) is 11.2 Å². The van der Waals surface area contributed by atoms with Crippen molar-refractivity contribution in [3.8, 4) is 0 Å². The molecule has 0 aliphatic carbocycles. The summed E-state index contributed by atoms with van der Waals surface area (Å²) < 4.78 is 5.56. The third kappa shape index (κ3) is 4.36. The number of anilines is 3. The highest BCUT2D eigenvalue weighted by atomic mass is 16.5. The van der Waals surface area contributed by atoms with Gasteiger partial charge in [-0.3, -0.25) is 5.32 Å². The number of aromatic amines is 2. The van der Waals surface area contributed by atoms with Crippen LogP contribution in [0.3, 0.4) is 0 Å². The number of morpholine rings is 1. The second kappa shape index (κ2) is 8.35. The minimum atomic E-state index is 0.674. The standard InChI is InChI=1S/C24H26N6O/c1-16-5-3-7-18(13-16)15-20-26-21-22(27-20)28-24(25-19-8-4-6-17(2)14-19)29-23(21)30-9-11-31-12-10-30/h3-8,13-14H,9-12,15H2,1-2H3,(H2,25,26,27,28,29)/p+1. The molecule has 7 nitrogen and oxygen atoms in total. The number of rotatable bonds is 5. The Kier molecular flexibility index (Phi) is 5.26. The summed E-state index contributed by atoms with van der Waals surface area (Å²) in [5.74, 6) is 2.57. The molecule has 2 aromatic carbocycles. The van der Waals surface area contributed by atoms with Crippen molar-refractivity contribution in [1.29, 1.82) is 0 Å². The molecule has 1 aliphatic heterocycles. The van der Waals surface area contributed by atoms with Crippen LogP contribution in [-0.2, 0) is 11.2 Å². The molecule has 1 aliphatic rings. The number of imidazole rings is 1. The summed E-state index contributed by atoms with van der Waals surface area (Å²) in [4.78, 5) is 18.9. The van der Waals surface area contributed by atoms with Crippen LogP contribution in [0, 0.1) is 13.8 Å². The Hall–Kier alpha value is -3.45. The Bertz CT molecular complexity index is 1210. The molecule has 1 saturated heterocycles. The predicted octanol–water partition coefficient (Wildman–Crippen LogP) is 3.56. The number of benzene rings is 2. The minimum Gasteiger partial charge on any atom is -0.376 e. The fourth-order valence-corrected chi connectivity index (χ4v) is 4.01. The smallest absolute Gasteiger partial charge is 0.351 e. The van der Waals surface area contributed by atoms with Crippen molar-refractivity contribution in [1.82, 2.24) is 15.0 Å². The molecule has 0 atom stereocenters. The quantitative estimate of drug-likeness (QED) is 0.521. The van der Waals surface area contributed by atoms with Gasteiger partial charge in [0.15, 0.2) is 5.52 Å². The fourth-order valence-electron chi connectivity index (χ4n) is 4.01. The number of aryl methyl sites for hydroxylation is 2. The van der Waals surface area contributed by atoms with Crippen LogP contribution in [0.4, 0.5) is 17.5 Å². The van der Waals surface area contributed by atoms with Gasteiger partial charge < -0.3 is 14.6 Å². The molecule has 0 amide bonds. The van der Waals surface area contributed by atoms with E-state index in [-0.39, 0.29) is 0 Å². The predicted molar refractivity (Wildman–Crippen MR) is 122 cm³/mol. The van der Waals surface area contributed by atoms with E-state index < -0.39 is 0 Å². The van der Waals surface area contributed by atoms with E-state index in [2.05, 4.69) is 70.4 Å². The molecule has 158 valence electrons. The molecule has 0 unspecified atom stereocenters. The zero-order chi connectivity index (χ0) is 21.2. The lowest BCUT2D eigenvalue weighted by Crippen LogP contribution is -2.40. The van der Waals surface area contributed by atoms with Crippen LogP contribution in [0.15, 0.2) is 48.5 Å². The number of nitrogens with one attached hydrogen (secondary N) is 3. The van der Waals surface area contributed by atoms with Gasteiger partial charge in [0.2, 0.25) is 11.5 Å². The van der Waals surface area contributed by atoms with Crippen molar-refractivity contribution >= 4 is 28.6 Å². The second-order valence-electron chi connectivity index (χ2n) is 8.08. The third-order valence-electron chi connectivity index (χ3n) is 5.49. The first-order valence-corrected chi connectivity index (χ1v) is 10.7. The summed E-state index contributed by atoms with van der Waals surface area (Å²) in [6.07, 6.45) is 0.737. The van der Waals surface area contributed by atoms with Gasteiger partial charge in [-0.05, 0) is 37.1 Å². The number of H-pyrrole nitrogens is 2. The molecule has 3 N–H and O–H groups in total. The number of fused-ring (bicyclic) bond motifs is 1. The summed E-state index contributed by atoms with van der Waals surface area (Å²) in [7, 11) is 0. The molecular weight excluding hydrogens is 388 g/mol. The summed E-state index contributed by atoms with van der Waals surface area (Å²) in [6, 6.07) is 16.8. The molecule has 2 aromatic heterocycles. The van der Waals surface area contributed by atoms with Crippen LogP contribution in [0.5, 0.6) is 0 Å². The third-order valence-corrected chi connectivity index (χ3v) is 5.49. The van der Waals surface area contributed by atoms with E-state index in [9.17, 15) is 0 Å². The largest absolute Gasteiger partial charge is 0.376 e. The first-order valence-electron chi connectivity index (χ1n) is 10.7. The second-order valence-corrected chi connectivity index (χ2v) is 8.08. The number of hydrogen-bond acceptors (Lipinski definition) is 5. The molecule has 3 heterocycles. The lowest BCUT2D eigenvalue weighted by molar-refractivity contribution is -0.349. The van der Waals surface area contributed by atoms with Crippen LogP contribution in [0.1, 0.15) is 22.5 Å². The van der Waals surface area contributed by atoms with Crippen molar-refractivity contribution in [2.24, 2.45) is 0 Å². The van der Waals surface area contributed by atoms with Crippen LogP contribution >= 0.6 is 0 Å². The van der Waals surface area contributed by atoms with Gasteiger partial charge in [0.05, 0.1) is 32.0 Å². The van der Waals surface area contributed by atoms with E-state index in [0.29, 0.717) is 24.8 Å². The molecule has 31 heavy (non-hydrogen) atoms. The van der Waals surface area contributed by atoms with E-state index >= 15 is 0 Å². The number of ether oxygens (including phenoxy) is 1. The zero-order valence-electron chi connectivity index (χ0n) is 17.9. The van der Waals surface area contributed by atoms with Crippen LogP contribution in [0.2, 0.25) is 0 Å². The lowest BCUT2D eigenvalue weighted by Gasteiger charge is -2.24. The van der Waals surface area contributed by atoms with Gasteiger partial charge in [-0.2, -0.15) is 0 Å². The van der Waals surface area contributed by atoms with Crippen LogP contribution < -0.4 is 15.2 Å². The molecule has 4 aromatic rings. The maximum Gasteiger partial charge on any atom is 0.351 e. The molecule has 0 radical (unpaired) electrons. The number of aromatic nitrogens is 4. The van der Waals surface area contributed by atoms with Crippen LogP contribution in [-0.4, -0.2) is 41.3 Å². The molecule has 7 heteroatoms. The van der Waals surface area contributed by atoms with Gasteiger partial charge in [0, 0.05) is 6.42 Å². The summed E-state index contributed by atoms with van der Waals surface area (Å²) in [5.41, 5.74) is 6.30. The van der Waals surface area contributed by atoms with Gasteiger partial charge in [-0.1, -0.05) is 46.9 Å². The highest BCUT2D eigenvalue weighted by Gasteiger charge is 2.24. The van der Waals surface area contributed by atoms with Crippen molar-refractivity contribution in [3.05, 3.63) is 71.0 Å². The monoisotopic (exact) mass is 415 g/mol. The Morgan fingerprint density at radius 2 is 1.81 bits per heavy atom. The molecule has 5 rings (SSSR count). The van der Waals surface area contributed by atoms with Gasteiger partial charge in [-0.15, -0.1) is 0 Å². The van der Waals surface area contributed by atoms with Crippen molar-refractivity contribution in [2.75, 3.05) is 36.5 Å². The zero-order valence-corrected chi connectivity index (χ0v) is 17.9. The Balaban J connectivity index is 1.53. The first kappa shape index (κ1) is 19.5. The first-order chi connectivity index (χ1) is 15.1. The van der Waals surface area contributed by atoms with Gasteiger partial charge in [0.1, 0.15) is 5.82 Å². The molecular formula is C24H27N6O+. The Morgan fingerprint density at radius 1 is 1.03 bits per heavy atom. The van der Waals surface area contributed by atoms with Crippen molar-refractivity contribution < 1.29 is 9.72 Å². The van der Waals surface area contributed by atoms with Crippen molar-refractivity contribution in [2.45, 2.75) is 20.3 Å². The highest BCUT2D eigenvalue weighted by Crippen LogP contribution is 2.24. The SMILES string of the molecule is Cc1cccc(Cc2nc3nc(Nc4cccc(C)c4)[nH+]c(N4CCOCC4)c3[nH]2)c1. The van der Waals surface area contributed by atoms with Gasteiger partial charge in [0.25, 0.3) is 0 Å². The van der Waals surface area contributed by atoms with Gasteiger partial charge >= 0.3 is 5.95 Å². The van der Waals surface area contributed by atoms with Crippen molar-refractivity contribution in [3.63, 3.8) is 0 Å². The normalized spacial score (nSPS) is 14.2. The maximum atomic E-state index is 5.56. The average Bonchev–Trinajstić information content (AvgIpc) is 3.16. The highest BCUT2D eigenvalue weighted by molar-refractivity contribution is 5.82. The lowest BCUT2D eigenvalue weighted by atomic mass is 10.1.